The molecule has 2 aromatic carbocycles. The number of anilines is 1. The number of hydrogen-bond donors (Lipinski definition) is 1. The third kappa shape index (κ3) is 5.23. The number of para-hydroxylation sites is 1. The molecule has 0 spiro atoms. The molecule has 0 aliphatic carbocycles. The smallest absolute Gasteiger partial charge is 0.262 e. The SMILES string of the molecule is CC(C)CCn1c(S[C@H](C)C(=O)Nc2cccc(F)c2)nc2ccccc2c1=O. The molecule has 3 aromatic rings. The highest BCUT2D eigenvalue weighted by molar-refractivity contribution is 8.00. The molecular formula is C22H24FN3O2S. The number of rotatable bonds is 7. The van der Waals surface area contributed by atoms with Gasteiger partial charge in [-0.25, -0.2) is 9.37 Å². The Morgan fingerprint density at radius 1 is 1.17 bits per heavy atom. The number of nitrogens with one attached hydrogen (secondary N) is 1. The lowest BCUT2D eigenvalue weighted by molar-refractivity contribution is -0.115. The predicted molar refractivity (Wildman–Crippen MR) is 116 cm³/mol. The van der Waals surface area contributed by atoms with Gasteiger partial charge < -0.3 is 5.32 Å². The lowest BCUT2D eigenvalue weighted by Crippen LogP contribution is -2.27. The fourth-order valence-electron chi connectivity index (χ4n) is 2.84. The van der Waals surface area contributed by atoms with Crippen LogP contribution in [0.4, 0.5) is 10.1 Å². The van der Waals surface area contributed by atoms with Crippen molar-refractivity contribution in [2.24, 2.45) is 5.92 Å². The van der Waals surface area contributed by atoms with Gasteiger partial charge in [0.1, 0.15) is 5.82 Å². The van der Waals surface area contributed by atoms with Crippen LogP contribution in [0.2, 0.25) is 0 Å². The zero-order valence-corrected chi connectivity index (χ0v) is 17.5. The third-order valence-corrected chi connectivity index (χ3v) is 5.59. The Labute approximate surface area is 173 Å². The number of hydrogen-bond acceptors (Lipinski definition) is 4. The van der Waals surface area contributed by atoms with Crippen molar-refractivity contribution in [2.75, 3.05) is 5.32 Å². The summed E-state index contributed by atoms with van der Waals surface area (Å²) in [6.07, 6.45) is 0.831. The van der Waals surface area contributed by atoms with E-state index in [0.29, 0.717) is 34.2 Å². The molecule has 0 bridgehead atoms. The predicted octanol–water partition coefficient (Wildman–Crippen LogP) is 4.70. The number of aromatic nitrogens is 2. The molecule has 152 valence electrons. The molecule has 0 saturated heterocycles. The fraction of sp³-hybridized carbons (Fsp3) is 0.318. The van der Waals surface area contributed by atoms with Crippen LogP contribution in [0.3, 0.4) is 0 Å². The van der Waals surface area contributed by atoms with Gasteiger partial charge in [0.25, 0.3) is 5.56 Å². The zero-order chi connectivity index (χ0) is 21.0. The Morgan fingerprint density at radius 3 is 2.66 bits per heavy atom. The Bertz CT molecular complexity index is 1080. The Balaban J connectivity index is 1.87. The minimum absolute atomic E-state index is 0.100. The molecule has 0 saturated carbocycles. The van der Waals surface area contributed by atoms with E-state index in [1.807, 2.05) is 12.1 Å². The number of halogens is 1. The molecule has 0 unspecified atom stereocenters. The molecule has 29 heavy (non-hydrogen) atoms. The van der Waals surface area contributed by atoms with Gasteiger partial charge in [0, 0.05) is 12.2 Å². The number of carbonyl (C=O) groups is 1. The molecule has 3 rings (SSSR count). The van der Waals surface area contributed by atoms with Gasteiger partial charge >= 0.3 is 0 Å². The van der Waals surface area contributed by atoms with Crippen LogP contribution >= 0.6 is 11.8 Å². The molecule has 1 aromatic heterocycles. The van der Waals surface area contributed by atoms with Crippen molar-refractivity contribution in [2.45, 2.75) is 44.1 Å². The first-order chi connectivity index (χ1) is 13.8. The van der Waals surface area contributed by atoms with E-state index in [1.165, 1.54) is 30.0 Å². The summed E-state index contributed by atoms with van der Waals surface area (Å²) in [5.74, 6) is -0.264. The summed E-state index contributed by atoms with van der Waals surface area (Å²) in [5.41, 5.74) is 0.904. The van der Waals surface area contributed by atoms with Crippen LogP contribution in [0.25, 0.3) is 10.9 Å². The summed E-state index contributed by atoms with van der Waals surface area (Å²) >= 11 is 1.23. The van der Waals surface area contributed by atoms with Crippen molar-refractivity contribution < 1.29 is 9.18 Å². The second kappa shape index (κ2) is 9.22. The molecule has 1 heterocycles. The van der Waals surface area contributed by atoms with Crippen molar-refractivity contribution in [3.8, 4) is 0 Å². The lowest BCUT2D eigenvalue weighted by atomic mass is 10.1. The quantitative estimate of drug-likeness (QED) is 0.450. The van der Waals surface area contributed by atoms with E-state index >= 15 is 0 Å². The molecule has 0 fully saturated rings. The number of benzene rings is 2. The summed E-state index contributed by atoms with van der Waals surface area (Å²) in [4.78, 5) is 30.2. The third-order valence-electron chi connectivity index (χ3n) is 4.50. The van der Waals surface area contributed by atoms with E-state index in [9.17, 15) is 14.0 Å². The van der Waals surface area contributed by atoms with E-state index in [4.69, 9.17) is 0 Å². The highest BCUT2D eigenvalue weighted by atomic mass is 32.2. The van der Waals surface area contributed by atoms with Crippen LogP contribution < -0.4 is 10.9 Å². The molecular weight excluding hydrogens is 389 g/mol. The second-order valence-electron chi connectivity index (χ2n) is 7.31. The Morgan fingerprint density at radius 2 is 1.93 bits per heavy atom. The Kier molecular flexibility index (Phi) is 6.69. The van der Waals surface area contributed by atoms with Crippen LogP contribution in [0, 0.1) is 11.7 Å². The van der Waals surface area contributed by atoms with Crippen molar-refractivity contribution in [3.63, 3.8) is 0 Å². The Hall–Kier alpha value is -2.67. The molecule has 0 aliphatic heterocycles. The summed E-state index contributed by atoms with van der Waals surface area (Å²) in [6, 6.07) is 13.0. The summed E-state index contributed by atoms with van der Waals surface area (Å²) in [6.45, 7) is 6.48. The monoisotopic (exact) mass is 413 g/mol. The fourth-order valence-corrected chi connectivity index (χ4v) is 3.78. The van der Waals surface area contributed by atoms with Gasteiger partial charge in [-0.2, -0.15) is 0 Å². The maximum atomic E-state index is 13.4. The van der Waals surface area contributed by atoms with E-state index in [2.05, 4.69) is 24.1 Å². The maximum absolute atomic E-state index is 13.4. The topological polar surface area (TPSA) is 64.0 Å². The van der Waals surface area contributed by atoms with Gasteiger partial charge in [0.15, 0.2) is 5.16 Å². The molecule has 5 nitrogen and oxygen atoms in total. The highest BCUT2D eigenvalue weighted by Gasteiger charge is 2.20. The van der Waals surface area contributed by atoms with Gasteiger partial charge in [0.2, 0.25) is 5.91 Å². The van der Waals surface area contributed by atoms with Crippen molar-refractivity contribution >= 4 is 34.3 Å². The second-order valence-corrected chi connectivity index (χ2v) is 8.62. The average Bonchev–Trinajstić information content (AvgIpc) is 2.67. The van der Waals surface area contributed by atoms with Gasteiger partial charge in [0.05, 0.1) is 16.2 Å². The van der Waals surface area contributed by atoms with Crippen molar-refractivity contribution in [1.82, 2.24) is 9.55 Å². The molecule has 1 N–H and O–H groups in total. The maximum Gasteiger partial charge on any atom is 0.262 e. The summed E-state index contributed by atoms with van der Waals surface area (Å²) in [5, 5.41) is 3.27. The van der Waals surface area contributed by atoms with Crippen LogP contribution in [-0.4, -0.2) is 20.7 Å². The van der Waals surface area contributed by atoms with Gasteiger partial charge in [-0.3, -0.25) is 14.2 Å². The first-order valence-corrected chi connectivity index (χ1v) is 10.5. The normalized spacial score (nSPS) is 12.3. The molecule has 0 aliphatic rings. The molecule has 7 heteroatoms. The van der Waals surface area contributed by atoms with E-state index < -0.39 is 11.1 Å². The van der Waals surface area contributed by atoms with Crippen LogP contribution in [0.5, 0.6) is 0 Å². The summed E-state index contributed by atoms with van der Waals surface area (Å²) < 4.78 is 15.0. The zero-order valence-electron chi connectivity index (χ0n) is 16.7. The van der Waals surface area contributed by atoms with Crippen LogP contribution in [0.1, 0.15) is 27.2 Å². The van der Waals surface area contributed by atoms with E-state index in [0.717, 1.165) is 6.42 Å². The standard InChI is InChI=1S/C22H24FN3O2S/c1-14(2)11-12-26-21(28)18-9-4-5-10-19(18)25-22(26)29-15(3)20(27)24-17-8-6-7-16(23)13-17/h4-10,13-15H,11-12H2,1-3H3,(H,24,27)/t15-/m1/s1. The van der Waals surface area contributed by atoms with Gasteiger partial charge in [-0.05, 0) is 49.6 Å². The first kappa shape index (κ1) is 21.0. The largest absolute Gasteiger partial charge is 0.325 e. The highest BCUT2D eigenvalue weighted by Crippen LogP contribution is 2.24. The van der Waals surface area contributed by atoms with Gasteiger partial charge in [-0.1, -0.05) is 43.8 Å². The van der Waals surface area contributed by atoms with Crippen molar-refractivity contribution in [3.05, 3.63) is 64.7 Å². The van der Waals surface area contributed by atoms with Crippen molar-refractivity contribution in [1.29, 1.82) is 0 Å². The number of nitrogens with zero attached hydrogens (tertiary/aromatic N) is 2. The minimum Gasteiger partial charge on any atom is -0.325 e. The molecule has 0 radical (unpaired) electrons. The lowest BCUT2D eigenvalue weighted by Gasteiger charge is -2.17. The number of fused-ring (bicyclic) bond motifs is 1. The van der Waals surface area contributed by atoms with E-state index in [1.54, 1.807) is 29.7 Å². The molecule has 1 amide bonds. The minimum atomic E-state index is -0.517. The summed E-state index contributed by atoms with van der Waals surface area (Å²) in [7, 11) is 0. The average molecular weight is 414 g/mol. The van der Waals surface area contributed by atoms with Crippen LogP contribution in [0.15, 0.2) is 58.5 Å². The van der Waals surface area contributed by atoms with Crippen LogP contribution in [-0.2, 0) is 11.3 Å². The number of carbonyl (C=O) groups excluding carboxylic acids is 1. The van der Waals surface area contributed by atoms with Gasteiger partial charge in [-0.15, -0.1) is 0 Å². The first-order valence-electron chi connectivity index (χ1n) is 9.58. The number of amides is 1. The van der Waals surface area contributed by atoms with E-state index in [-0.39, 0.29) is 11.5 Å². The number of thioether (sulfide) groups is 1. The molecule has 1 atom stereocenters.